The molecule has 4 saturated carbocycles. The van der Waals surface area contributed by atoms with Crippen LogP contribution in [0.1, 0.15) is 53.4 Å². The van der Waals surface area contributed by atoms with Crippen LogP contribution in [0.2, 0.25) is 0 Å². The van der Waals surface area contributed by atoms with Gasteiger partial charge in [-0.1, -0.05) is 32.1 Å². The fourth-order valence-corrected chi connectivity index (χ4v) is 9.69. The fourth-order valence-electron chi connectivity index (χ4n) is 9.69. The highest BCUT2D eigenvalue weighted by Crippen LogP contribution is 2.84. The minimum atomic E-state index is -0.625. The molecular formula is C25H30O5. The summed E-state index contributed by atoms with van der Waals surface area (Å²) >= 11 is 0. The monoisotopic (exact) mass is 410 g/mol. The third-order valence-electron chi connectivity index (χ3n) is 10.4. The number of ketones is 1. The van der Waals surface area contributed by atoms with Gasteiger partial charge in [0.15, 0.2) is 0 Å². The maximum Gasteiger partial charge on any atom is 0.330 e. The SMILES string of the molecule is C=C1[C@@H]2C(=O)[C@]3(C)C[C@@H]4C(=O)OC[C@]14[C@@]1(CC[C@H]4C(C)(C)OC(=O)C=C[C@]4(C)[C@H]21)C3. The molecule has 0 aromatic carbocycles. The summed E-state index contributed by atoms with van der Waals surface area (Å²) in [6.45, 7) is 13.1. The van der Waals surface area contributed by atoms with Gasteiger partial charge in [0.25, 0.3) is 0 Å². The Labute approximate surface area is 177 Å². The van der Waals surface area contributed by atoms with Crippen LogP contribution in [0.15, 0.2) is 24.3 Å². The van der Waals surface area contributed by atoms with Crippen LogP contribution in [0.4, 0.5) is 0 Å². The average molecular weight is 411 g/mol. The first kappa shape index (κ1) is 18.8. The molecule has 0 unspecified atom stereocenters. The predicted molar refractivity (Wildman–Crippen MR) is 108 cm³/mol. The zero-order chi connectivity index (χ0) is 21.5. The lowest BCUT2D eigenvalue weighted by Gasteiger charge is -2.66. The van der Waals surface area contributed by atoms with Gasteiger partial charge in [0, 0.05) is 28.7 Å². The number of hydrogen-bond donors (Lipinski definition) is 0. The van der Waals surface area contributed by atoms with Crippen LogP contribution in [0.5, 0.6) is 0 Å². The Hall–Kier alpha value is -1.91. The molecule has 5 heteroatoms. The van der Waals surface area contributed by atoms with Crippen molar-refractivity contribution < 1.29 is 23.9 Å². The molecule has 2 spiro atoms. The van der Waals surface area contributed by atoms with Gasteiger partial charge in [-0.3, -0.25) is 9.59 Å². The van der Waals surface area contributed by atoms with Gasteiger partial charge < -0.3 is 9.47 Å². The highest BCUT2D eigenvalue weighted by atomic mass is 16.6. The number of Topliss-reactive ketones (excluding diaryl/α,β-unsaturated/α-hetero) is 1. The van der Waals surface area contributed by atoms with E-state index >= 15 is 0 Å². The molecule has 5 nitrogen and oxygen atoms in total. The van der Waals surface area contributed by atoms with E-state index in [1.54, 1.807) is 6.08 Å². The van der Waals surface area contributed by atoms with Crippen molar-refractivity contribution in [1.82, 2.24) is 0 Å². The first-order valence-electron chi connectivity index (χ1n) is 11.3. The summed E-state index contributed by atoms with van der Waals surface area (Å²) in [5.74, 6) is -0.673. The van der Waals surface area contributed by atoms with Crippen LogP contribution in [0.3, 0.4) is 0 Å². The number of esters is 2. The van der Waals surface area contributed by atoms with E-state index in [-0.39, 0.29) is 46.8 Å². The number of hydrogen-bond acceptors (Lipinski definition) is 5. The number of carbonyl (C=O) groups excluding carboxylic acids is 3. The number of carbonyl (C=O) groups is 3. The van der Waals surface area contributed by atoms with E-state index in [4.69, 9.17) is 9.47 Å². The van der Waals surface area contributed by atoms with Gasteiger partial charge in [-0.15, -0.1) is 0 Å². The molecule has 0 amide bonds. The van der Waals surface area contributed by atoms with Crippen LogP contribution in [0.25, 0.3) is 0 Å². The van der Waals surface area contributed by atoms with Gasteiger partial charge in [0.2, 0.25) is 0 Å². The number of cyclic esters (lactones) is 2. The van der Waals surface area contributed by atoms with E-state index in [1.165, 1.54) is 0 Å². The average Bonchev–Trinajstić information content (AvgIpc) is 3.02. The van der Waals surface area contributed by atoms with E-state index in [0.29, 0.717) is 13.0 Å². The minimum absolute atomic E-state index is 0.0131. The van der Waals surface area contributed by atoms with E-state index in [0.717, 1.165) is 24.8 Å². The number of ether oxygens (including phenoxy) is 2. The summed E-state index contributed by atoms with van der Waals surface area (Å²) in [4.78, 5) is 39.2. The second kappa shape index (κ2) is 4.94. The molecule has 30 heavy (non-hydrogen) atoms. The van der Waals surface area contributed by atoms with Crippen molar-refractivity contribution in [2.24, 2.45) is 45.3 Å². The Morgan fingerprint density at radius 2 is 1.87 bits per heavy atom. The zero-order valence-corrected chi connectivity index (χ0v) is 18.2. The molecule has 0 radical (unpaired) electrons. The molecule has 0 N–H and O–H groups in total. The van der Waals surface area contributed by atoms with E-state index in [1.807, 2.05) is 19.9 Å². The van der Waals surface area contributed by atoms with Crippen molar-refractivity contribution in [2.45, 2.75) is 59.0 Å². The minimum Gasteiger partial charge on any atom is -0.464 e. The molecule has 4 aliphatic carbocycles. The normalized spacial score (nSPS) is 54.8. The lowest BCUT2D eigenvalue weighted by Crippen LogP contribution is -2.66. The number of allylic oxidation sites excluding steroid dienone is 1. The highest BCUT2D eigenvalue weighted by molar-refractivity contribution is 5.96. The van der Waals surface area contributed by atoms with E-state index < -0.39 is 21.8 Å². The van der Waals surface area contributed by atoms with E-state index in [2.05, 4.69) is 20.4 Å². The van der Waals surface area contributed by atoms with Gasteiger partial charge in [0.1, 0.15) is 18.0 Å². The van der Waals surface area contributed by atoms with Crippen LogP contribution >= 0.6 is 0 Å². The summed E-state index contributed by atoms with van der Waals surface area (Å²) in [6, 6.07) is 0. The van der Waals surface area contributed by atoms with Crippen LogP contribution in [-0.4, -0.2) is 29.9 Å². The smallest absolute Gasteiger partial charge is 0.330 e. The fraction of sp³-hybridized carbons (Fsp3) is 0.720. The van der Waals surface area contributed by atoms with Crippen LogP contribution < -0.4 is 0 Å². The molecule has 1 saturated heterocycles. The van der Waals surface area contributed by atoms with Gasteiger partial charge in [-0.25, -0.2) is 4.79 Å². The Kier molecular flexibility index (Phi) is 3.10. The van der Waals surface area contributed by atoms with E-state index in [9.17, 15) is 14.4 Å². The number of fused-ring (bicyclic) bond motifs is 2. The van der Waals surface area contributed by atoms with Crippen molar-refractivity contribution in [3.05, 3.63) is 24.3 Å². The lowest BCUT2D eigenvalue weighted by molar-refractivity contribution is -0.204. The van der Waals surface area contributed by atoms with Gasteiger partial charge in [0.05, 0.1) is 5.92 Å². The summed E-state index contributed by atoms with van der Waals surface area (Å²) in [6.07, 6.45) is 6.77. The summed E-state index contributed by atoms with van der Waals surface area (Å²) in [5, 5.41) is 0. The second-order valence-electron chi connectivity index (χ2n) is 11.9. The summed E-state index contributed by atoms with van der Waals surface area (Å²) in [7, 11) is 0. The first-order valence-corrected chi connectivity index (χ1v) is 11.3. The quantitative estimate of drug-likeness (QED) is 0.451. The second-order valence-corrected chi connectivity index (χ2v) is 11.9. The standard InChI is InChI=1S/C25H30O5/c1-13-17-18-23(5)8-7-16(26)30-21(2,3)15(23)6-9-24(18)11-22(4,19(17)27)10-14-20(28)29-12-25(13,14)24/h7-8,14-15,17-18H,1,6,9-12H2,2-5H3/t14-,15+,17+,18+,22-,23+,24+,25+/m1/s1. The van der Waals surface area contributed by atoms with Crippen molar-refractivity contribution in [3.8, 4) is 0 Å². The zero-order valence-electron chi connectivity index (χ0n) is 18.2. The topological polar surface area (TPSA) is 69.7 Å². The Balaban J connectivity index is 1.63. The molecular weight excluding hydrogens is 380 g/mol. The molecule has 0 aromatic heterocycles. The summed E-state index contributed by atoms with van der Waals surface area (Å²) in [5.41, 5.74) is -1.24. The Morgan fingerprint density at radius 1 is 1.13 bits per heavy atom. The molecule has 2 aliphatic heterocycles. The molecule has 160 valence electrons. The predicted octanol–water partition coefficient (Wildman–Crippen LogP) is 3.63. The molecule has 0 aromatic rings. The highest BCUT2D eigenvalue weighted by Gasteiger charge is 2.84. The Morgan fingerprint density at radius 3 is 2.60 bits per heavy atom. The first-order chi connectivity index (χ1) is 13.9. The van der Waals surface area contributed by atoms with Crippen molar-refractivity contribution in [3.63, 3.8) is 0 Å². The molecule has 3 bridgehead atoms. The van der Waals surface area contributed by atoms with Gasteiger partial charge in [-0.2, -0.15) is 0 Å². The largest absolute Gasteiger partial charge is 0.464 e. The third-order valence-corrected chi connectivity index (χ3v) is 10.4. The van der Waals surface area contributed by atoms with Crippen LogP contribution in [-0.2, 0) is 23.9 Å². The Bertz CT molecular complexity index is 976. The summed E-state index contributed by atoms with van der Waals surface area (Å²) < 4.78 is 11.5. The van der Waals surface area contributed by atoms with Gasteiger partial charge >= 0.3 is 11.9 Å². The maximum absolute atomic E-state index is 14.0. The van der Waals surface area contributed by atoms with Crippen molar-refractivity contribution >= 4 is 17.7 Å². The molecule has 6 aliphatic rings. The molecule has 5 fully saturated rings. The number of rotatable bonds is 0. The van der Waals surface area contributed by atoms with Crippen molar-refractivity contribution in [2.75, 3.05) is 6.61 Å². The molecule has 6 rings (SSSR count). The molecule has 2 heterocycles. The maximum atomic E-state index is 14.0. The van der Waals surface area contributed by atoms with Crippen molar-refractivity contribution in [1.29, 1.82) is 0 Å². The molecule has 8 atom stereocenters. The lowest BCUT2D eigenvalue weighted by atomic mass is 9.36. The third kappa shape index (κ3) is 1.67. The van der Waals surface area contributed by atoms with Crippen LogP contribution in [0, 0.1) is 45.3 Å². The van der Waals surface area contributed by atoms with Gasteiger partial charge in [-0.05, 0) is 56.3 Å².